The van der Waals surface area contributed by atoms with Crippen LogP contribution in [0.3, 0.4) is 0 Å². The molecule has 0 heterocycles. The molecule has 0 radical (unpaired) electrons. The van der Waals surface area contributed by atoms with E-state index in [9.17, 15) is 4.79 Å². The normalized spacial score (nSPS) is 11.9. The fourth-order valence-electron chi connectivity index (χ4n) is 5.41. The second-order valence-electron chi connectivity index (χ2n) is 12.4. The van der Waals surface area contributed by atoms with Crippen molar-refractivity contribution in [2.75, 3.05) is 20.8 Å². The maximum atomic E-state index is 13.9. The summed E-state index contributed by atoms with van der Waals surface area (Å²) in [5.74, 6) is 1.60. The summed E-state index contributed by atoms with van der Waals surface area (Å²) in [4.78, 5) is 15.9. The van der Waals surface area contributed by atoms with Gasteiger partial charge in [0.15, 0.2) is 0 Å². The van der Waals surface area contributed by atoms with Crippen molar-refractivity contribution in [2.24, 2.45) is 5.41 Å². The predicted molar refractivity (Wildman–Crippen MR) is 169 cm³/mol. The number of ether oxygens (including phenoxy) is 2. The number of hydrogen-bond donors (Lipinski definition) is 0. The maximum absolute atomic E-state index is 13.9. The second kappa shape index (κ2) is 16.5. The first kappa shape index (κ1) is 33.5. The molecule has 1 amide bonds. The van der Waals surface area contributed by atoms with Gasteiger partial charge in [-0.05, 0) is 0 Å². The van der Waals surface area contributed by atoms with E-state index in [1.807, 2.05) is 23.1 Å². The van der Waals surface area contributed by atoms with Gasteiger partial charge in [0.05, 0.1) is 7.11 Å². The van der Waals surface area contributed by atoms with Gasteiger partial charge in [-0.3, -0.25) is 0 Å². The number of nitrogens with zero attached hydrogens (tertiary/aromatic N) is 1. The van der Waals surface area contributed by atoms with Crippen molar-refractivity contribution in [2.45, 2.75) is 106 Å². The van der Waals surface area contributed by atoms with E-state index in [0.717, 1.165) is 29.0 Å². The van der Waals surface area contributed by atoms with E-state index in [4.69, 9.17) is 9.47 Å². The average molecular weight is 645 g/mol. The Labute approximate surface area is 243 Å². The summed E-state index contributed by atoms with van der Waals surface area (Å²) in [6.45, 7) is 14.9. The molecule has 0 bridgehead atoms. The van der Waals surface area contributed by atoms with Crippen LogP contribution in [-0.2, 0) is 6.54 Å². The van der Waals surface area contributed by atoms with Crippen molar-refractivity contribution in [3.8, 4) is 11.5 Å². The molecule has 5 heteroatoms. The van der Waals surface area contributed by atoms with Gasteiger partial charge < -0.3 is 0 Å². The minimum atomic E-state index is -2.52. The number of rotatable bonds is 17. The number of unbranched alkanes of at least 4 members (excludes halogenated alkanes) is 3. The average Bonchev–Trinajstić information content (AvgIpc) is 2.94. The summed E-state index contributed by atoms with van der Waals surface area (Å²) in [6.07, 6.45) is 8.76. The molecule has 0 aliphatic carbocycles. The van der Waals surface area contributed by atoms with Crippen molar-refractivity contribution in [3.05, 3.63) is 53.6 Å². The molecule has 0 unspecified atom stereocenters. The Bertz CT molecular complexity index is 975. The third-order valence-electron chi connectivity index (χ3n) is 8.05. The molecular weight excluding hydrogens is 589 g/mol. The van der Waals surface area contributed by atoms with Crippen molar-refractivity contribution < 1.29 is 14.3 Å². The quantitative estimate of drug-likeness (QED) is 0.162. The van der Waals surface area contributed by atoms with Gasteiger partial charge in [0.2, 0.25) is 0 Å². The van der Waals surface area contributed by atoms with Crippen LogP contribution >= 0.6 is 0 Å². The van der Waals surface area contributed by atoms with Crippen molar-refractivity contribution >= 4 is 27.9 Å². The zero-order chi connectivity index (χ0) is 28.9. The Hall–Kier alpha value is -1.69. The third-order valence-corrected chi connectivity index (χ3v) is 23.7. The molecular formula is C34H55NO3Sn. The van der Waals surface area contributed by atoms with Crippen molar-refractivity contribution in [1.29, 1.82) is 0 Å². The van der Waals surface area contributed by atoms with Crippen LogP contribution in [0.2, 0.25) is 13.3 Å². The van der Waals surface area contributed by atoms with Crippen molar-refractivity contribution in [3.63, 3.8) is 0 Å². The topological polar surface area (TPSA) is 38.8 Å². The molecule has 2 aromatic rings. The molecule has 218 valence electrons. The second-order valence-corrected chi connectivity index (χ2v) is 25.6. The van der Waals surface area contributed by atoms with Gasteiger partial charge >= 0.3 is 238 Å². The summed E-state index contributed by atoms with van der Waals surface area (Å²) < 4.78 is 17.0. The van der Waals surface area contributed by atoms with Gasteiger partial charge in [0, 0.05) is 0 Å². The van der Waals surface area contributed by atoms with E-state index in [1.54, 1.807) is 17.8 Å². The molecule has 0 fully saturated rings. The number of hydrogen-bond acceptors (Lipinski definition) is 3. The molecule has 0 saturated heterocycles. The van der Waals surface area contributed by atoms with E-state index in [2.05, 4.69) is 65.8 Å². The molecule has 0 aromatic heterocycles. The SMILES string of the molecule is CCC[CH2][Sn]([CH2]CCC)([CH2]CCC)[c]1ccc(C(=O)N(CCC(C)(C)C)Cc2ccc(OC)cc2OC)cc1. The predicted octanol–water partition coefficient (Wildman–Crippen LogP) is 8.84. The zero-order valence-electron chi connectivity index (χ0n) is 26.2. The number of methoxy groups -OCH3 is 2. The number of carbonyl (C=O) groups is 1. The van der Waals surface area contributed by atoms with Gasteiger partial charge in [-0.25, -0.2) is 0 Å². The molecule has 0 saturated carbocycles. The van der Waals surface area contributed by atoms with Gasteiger partial charge in [0.25, 0.3) is 0 Å². The van der Waals surface area contributed by atoms with Crippen LogP contribution in [-0.4, -0.2) is 49.9 Å². The number of benzene rings is 2. The van der Waals surface area contributed by atoms with Gasteiger partial charge in [-0.1, -0.05) is 0 Å². The molecule has 2 aromatic carbocycles. The third kappa shape index (κ3) is 10.3. The van der Waals surface area contributed by atoms with E-state index in [-0.39, 0.29) is 11.3 Å². The van der Waals surface area contributed by atoms with Gasteiger partial charge in [-0.15, -0.1) is 0 Å². The number of amides is 1. The molecule has 0 N–H and O–H groups in total. The summed E-state index contributed by atoms with van der Waals surface area (Å²) in [5, 5.41) is 0. The number of carbonyl (C=O) groups excluding carboxylic acids is 1. The first-order valence-corrected chi connectivity index (χ1v) is 22.7. The Morgan fingerprint density at radius 2 is 1.38 bits per heavy atom. The molecule has 0 aliphatic rings. The first-order valence-electron chi connectivity index (χ1n) is 15.2. The molecule has 2 rings (SSSR count). The summed E-state index contributed by atoms with van der Waals surface area (Å²) in [6, 6.07) is 14.8. The standard InChI is InChI=1S/C22H28NO3.3C4H9.Sn/c1-22(2,3)13-14-23(21(24)17-9-7-6-8-10-17)16-18-11-12-19(25-4)15-20(18)26-5;3*1-3-4-2;/h7-12,15H,13-14,16H2,1-5H3;3*1,3-4H2,2H3;. The van der Waals surface area contributed by atoms with Crippen molar-refractivity contribution in [1.82, 2.24) is 4.90 Å². The van der Waals surface area contributed by atoms with Crippen LogP contribution in [0.4, 0.5) is 0 Å². The Morgan fingerprint density at radius 1 is 0.821 bits per heavy atom. The summed E-state index contributed by atoms with van der Waals surface area (Å²) in [7, 11) is 3.33. The molecule has 39 heavy (non-hydrogen) atoms. The van der Waals surface area contributed by atoms with Crippen LogP contribution in [0.5, 0.6) is 11.5 Å². The van der Waals surface area contributed by atoms with E-state index in [1.165, 1.54) is 51.8 Å². The van der Waals surface area contributed by atoms with E-state index in [0.29, 0.717) is 13.1 Å². The van der Waals surface area contributed by atoms with Crippen LogP contribution < -0.4 is 13.1 Å². The minimum absolute atomic E-state index is 0.0974. The first-order chi connectivity index (χ1) is 18.6. The molecule has 4 nitrogen and oxygen atoms in total. The van der Waals surface area contributed by atoms with Crippen LogP contribution in [0.15, 0.2) is 42.5 Å². The van der Waals surface area contributed by atoms with Crippen LogP contribution in [0.25, 0.3) is 0 Å². The Kier molecular flexibility index (Phi) is 14.2. The monoisotopic (exact) mass is 645 g/mol. The fourth-order valence-corrected chi connectivity index (χ4v) is 21.3. The summed E-state index contributed by atoms with van der Waals surface area (Å²) >= 11 is -2.52. The molecule has 0 aliphatic heterocycles. The molecule has 0 spiro atoms. The van der Waals surface area contributed by atoms with Gasteiger partial charge in [-0.2, -0.15) is 0 Å². The Morgan fingerprint density at radius 3 is 1.85 bits per heavy atom. The Balaban J connectivity index is 2.39. The van der Waals surface area contributed by atoms with E-state index < -0.39 is 18.4 Å². The van der Waals surface area contributed by atoms with Crippen LogP contribution in [0, 0.1) is 5.41 Å². The zero-order valence-corrected chi connectivity index (χ0v) is 29.1. The van der Waals surface area contributed by atoms with Crippen LogP contribution in [0.1, 0.15) is 102 Å². The fraction of sp³-hybridized carbons (Fsp3) is 0.618. The molecule has 0 atom stereocenters. The summed E-state index contributed by atoms with van der Waals surface area (Å²) in [5.41, 5.74) is 1.92. The van der Waals surface area contributed by atoms with Gasteiger partial charge in [0.1, 0.15) is 0 Å². The van der Waals surface area contributed by atoms with E-state index >= 15 is 0 Å².